The van der Waals surface area contributed by atoms with E-state index in [0.29, 0.717) is 0 Å². The molecule has 1 heterocycles. The van der Waals surface area contributed by atoms with E-state index < -0.39 is 0 Å². The van der Waals surface area contributed by atoms with Crippen LogP contribution in [0.15, 0.2) is 28.7 Å². The summed E-state index contributed by atoms with van der Waals surface area (Å²) in [6.45, 7) is 1.00. The van der Waals surface area contributed by atoms with Gasteiger partial charge in [0.25, 0.3) is 0 Å². The molecule has 0 saturated heterocycles. The number of rotatable bonds is 5. The minimum atomic E-state index is 0.728. The van der Waals surface area contributed by atoms with Crippen molar-refractivity contribution in [2.24, 2.45) is 0 Å². The maximum atomic E-state index is 4.93. The Hall–Kier alpha value is -0.710. The van der Waals surface area contributed by atoms with Gasteiger partial charge in [-0.25, -0.2) is 4.98 Å². The summed E-state index contributed by atoms with van der Waals surface area (Å²) >= 11 is 5.36. The van der Waals surface area contributed by atoms with E-state index in [1.54, 1.807) is 0 Å². The number of hydrogen-bond acceptors (Lipinski definition) is 3. The number of aromatic nitrogens is 1. The summed E-state index contributed by atoms with van der Waals surface area (Å²) in [7, 11) is 0. The molecule has 4 rings (SSSR count). The van der Waals surface area contributed by atoms with Crippen LogP contribution in [-0.4, -0.2) is 11.0 Å². The van der Waals surface area contributed by atoms with Crippen molar-refractivity contribution in [2.45, 2.75) is 44.2 Å². The molecule has 1 aromatic heterocycles. The Morgan fingerprint density at radius 3 is 2.55 bits per heavy atom. The van der Waals surface area contributed by atoms with Crippen LogP contribution in [0.1, 0.15) is 42.2 Å². The van der Waals surface area contributed by atoms with E-state index in [2.05, 4.69) is 45.5 Å². The number of nitrogens with one attached hydrogen (secondary N) is 1. The molecular formula is C16H17BrN2S. The molecule has 0 radical (unpaired) electrons. The summed E-state index contributed by atoms with van der Waals surface area (Å²) in [6.07, 6.45) is 5.33. The summed E-state index contributed by atoms with van der Waals surface area (Å²) < 4.78 is 1.12. The minimum Gasteiger partial charge on any atom is -0.309 e. The monoisotopic (exact) mass is 348 g/mol. The van der Waals surface area contributed by atoms with Gasteiger partial charge in [0.05, 0.1) is 5.69 Å². The molecule has 1 N–H and O–H groups in total. The molecule has 4 heteroatoms. The first-order valence-electron chi connectivity index (χ1n) is 7.28. The number of thiazole rings is 1. The summed E-state index contributed by atoms with van der Waals surface area (Å²) in [5, 5.41) is 4.81. The minimum absolute atomic E-state index is 0.728. The molecule has 2 aliphatic rings. The highest BCUT2D eigenvalue weighted by Crippen LogP contribution is 2.44. The normalized spacial score (nSPS) is 18.4. The fourth-order valence-corrected chi connectivity index (χ4v) is 3.77. The zero-order chi connectivity index (χ0) is 13.5. The topological polar surface area (TPSA) is 24.9 Å². The van der Waals surface area contributed by atoms with Crippen LogP contribution < -0.4 is 5.32 Å². The maximum absolute atomic E-state index is 4.93. The largest absolute Gasteiger partial charge is 0.309 e. The second kappa shape index (κ2) is 5.24. The molecule has 0 spiro atoms. The molecule has 0 amide bonds. The van der Waals surface area contributed by atoms with Crippen LogP contribution in [0, 0.1) is 0 Å². The standard InChI is InChI=1S/C16H17BrN2S/c17-12-5-3-11(4-6-12)16-19-15(10-1-2-10)14(20-16)9-18-13-7-8-13/h3-6,10,13,18H,1-2,7-9H2. The average molecular weight is 349 g/mol. The van der Waals surface area contributed by atoms with E-state index in [0.717, 1.165) is 23.0 Å². The molecule has 2 fully saturated rings. The van der Waals surface area contributed by atoms with Crippen molar-refractivity contribution in [1.29, 1.82) is 0 Å². The number of halogens is 1. The first-order valence-corrected chi connectivity index (χ1v) is 8.89. The highest BCUT2D eigenvalue weighted by molar-refractivity contribution is 9.10. The summed E-state index contributed by atoms with van der Waals surface area (Å²) in [5.74, 6) is 0.728. The van der Waals surface area contributed by atoms with Crippen molar-refractivity contribution in [1.82, 2.24) is 10.3 Å². The molecule has 0 aliphatic heterocycles. The Morgan fingerprint density at radius 1 is 1.15 bits per heavy atom. The van der Waals surface area contributed by atoms with Crippen LogP contribution in [0.25, 0.3) is 10.6 Å². The number of hydrogen-bond donors (Lipinski definition) is 1. The van der Waals surface area contributed by atoms with Crippen LogP contribution in [0.5, 0.6) is 0 Å². The lowest BCUT2D eigenvalue weighted by atomic mass is 10.2. The van der Waals surface area contributed by atoms with Crippen molar-refractivity contribution in [3.63, 3.8) is 0 Å². The van der Waals surface area contributed by atoms with Crippen LogP contribution in [0.2, 0.25) is 0 Å². The van der Waals surface area contributed by atoms with Gasteiger partial charge in [0.1, 0.15) is 5.01 Å². The van der Waals surface area contributed by atoms with E-state index in [1.165, 1.54) is 46.8 Å². The molecule has 104 valence electrons. The Kier molecular flexibility index (Phi) is 3.41. The highest BCUT2D eigenvalue weighted by Gasteiger charge is 2.30. The van der Waals surface area contributed by atoms with Gasteiger partial charge < -0.3 is 5.32 Å². The van der Waals surface area contributed by atoms with Crippen molar-refractivity contribution in [3.8, 4) is 10.6 Å². The predicted molar refractivity (Wildman–Crippen MR) is 87.1 cm³/mol. The van der Waals surface area contributed by atoms with Crippen molar-refractivity contribution in [2.75, 3.05) is 0 Å². The van der Waals surface area contributed by atoms with Crippen molar-refractivity contribution >= 4 is 27.3 Å². The van der Waals surface area contributed by atoms with Crippen LogP contribution in [0.4, 0.5) is 0 Å². The first kappa shape index (κ1) is 13.0. The van der Waals surface area contributed by atoms with Crippen LogP contribution in [0.3, 0.4) is 0 Å². The molecule has 0 unspecified atom stereocenters. The summed E-state index contributed by atoms with van der Waals surface area (Å²) in [4.78, 5) is 6.39. The molecule has 2 aromatic rings. The van der Waals surface area contributed by atoms with E-state index in [9.17, 15) is 0 Å². The molecule has 2 nitrogen and oxygen atoms in total. The van der Waals surface area contributed by atoms with Crippen molar-refractivity contribution < 1.29 is 0 Å². The number of benzene rings is 1. The van der Waals surface area contributed by atoms with Gasteiger partial charge in [-0.3, -0.25) is 0 Å². The molecule has 2 saturated carbocycles. The zero-order valence-electron chi connectivity index (χ0n) is 11.2. The summed E-state index contributed by atoms with van der Waals surface area (Å²) in [6, 6.07) is 9.25. The van der Waals surface area contributed by atoms with E-state index in [1.807, 2.05) is 11.3 Å². The number of nitrogens with zero attached hydrogens (tertiary/aromatic N) is 1. The van der Waals surface area contributed by atoms with Crippen molar-refractivity contribution in [3.05, 3.63) is 39.3 Å². The fraction of sp³-hybridized carbons (Fsp3) is 0.438. The second-order valence-corrected chi connectivity index (χ2v) is 7.76. The van der Waals surface area contributed by atoms with E-state index >= 15 is 0 Å². The maximum Gasteiger partial charge on any atom is 0.123 e. The Balaban J connectivity index is 1.62. The summed E-state index contributed by atoms with van der Waals surface area (Å²) in [5.41, 5.74) is 2.60. The molecule has 0 bridgehead atoms. The van der Waals surface area contributed by atoms with Gasteiger partial charge in [-0.2, -0.15) is 0 Å². The van der Waals surface area contributed by atoms with E-state index in [4.69, 9.17) is 4.98 Å². The van der Waals surface area contributed by atoms with Gasteiger partial charge in [0.15, 0.2) is 0 Å². The smallest absolute Gasteiger partial charge is 0.123 e. The predicted octanol–water partition coefficient (Wildman–Crippen LogP) is 4.70. The third-order valence-corrected chi connectivity index (χ3v) is 5.56. The lowest BCUT2D eigenvalue weighted by Gasteiger charge is -2.01. The SMILES string of the molecule is Brc1ccc(-c2nc(C3CC3)c(CNC3CC3)s2)cc1. The Morgan fingerprint density at radius 2 is 1.90 bits per heavy atom. The third kappa shape index (κ3) is 2.83. The molecule has 2 aliphatic carbocycles. The third-order valence-electron chi connectivity index (χ3n) is 3.91. The lowest BCUT2D eigenvalue weighted by molar-refractivity contribution is 0.688. The molecular weight excluding hydrogens is 332 g/mol. The second-order valence-electron chi connectivity index (χ2n) is 5.76. The molecule has 0 atom stereocenters. The zero-order valence-corrected chi connectivity index (χ0v) is 13.6. The molecule has 1 aromatic carbocycles. The average Bonchev–Trinajstić information content (AvgIpc) is 3.37. The van der Waals surface area contributed by atoms with Gasteiger partial charge >= 0.3 is 0 Å². The Bertz CT molecular complexity index is 612. The van der Waals surface area contributed by atoms with Gasteiger partial charge in [0, 0.05) is 33.4 Å². The molecule has 20 heavy (non-hydrogen) atoms. The van der Waals surface area contributed by atoms with Gasteiger partial charge in [0.2, 0.25) is 0 Å². The van der Waals surface area contributed by atoms with Crippen LogP contribution >= 0.6 is 27.3 Å². The van der Waals surface area contributed by atoms with Gasteiger partial charge in [-0.1, -0.05) is 28.1 Å². The fourth-order valence-electron chi connectivity index (χ4n) is 2.41. The van der Waals surface area contributed by atoms with Gasteiger partial charge in [-0.05, 0) is 37.8 Å². The van der Waals surface area contributed by atoms with Gasteiger partial charge in [-0.15, -0.1) is 11.3 Å². The van der Waals surface area contributed by atoms with E-state index in [-0.39, 0.29) is 0 Å². The lowest BCUT2D eigenvalue weighted by Crippen LogP contribution is -2.15. The quantitative estimate of drug-likeness (QED) is 0.846. The first-order chi connectivity index (χ1) is 9.79. The van der Waals surface area contributed by atoms with Crippen LogP contribution in [-0.2, 0) is 6.54 Å². The Labute approximate surface area is 131 Å². The highest BCUT2D eigenvalue weighted by atomic mass is 79.9.